The molecule has 1 amide bonds. The summed E-state index contributed by atoms with van der Waals surface area (Å²) in [4.78, 5) is 22.7. The van der Waals surface area contributed by atoms with Gasteiger partial charge in [-0.15, -0.1) is 0 Å². The third-order valence-electron chi connectivity index (χ3n) is 1.20. The fourth-order valence-corrected chi connectivity index (χ4v) is 1.18. The number of aromatic nitrogens is 1. The molecule has 0 saturated heterocycles. The lowest BCUT2D eigenvalue weighted by molar-refractivity contribution is -0.139. The lowest BCUT2D eigenvalue weighted by atomic mass is 10.4. The number of halogens is 1. The van der Waals surface area contributed by atoms with Crippen LogP contribution in [0, 0.1) is 0 Å². The lowest BCUT2D eigenvalue weighted by Crippen LogP contribution is -2.15. The number of carbonyl (C=O) groups is 1. The van der Waals surface area contributed by atoms with Gasteiger partial charge < -0.3 is 10.5 Å². The highest BCUT2D eigenvalue weighted by atomic mass is 79.9. The van der Waals surface area contributed by atoms with Crippen molar-refractivity contribution >= 4 is 22.0 Å². The molecule has 1 rings (SSSR count). The van der Waals surface area contributed by atoms with Crippen LogP contribution >= 0.6 is 15.9 Å². The number of hydrogen-bond acceptors (Lipinski definition) is 5. The highest BCUT2D eigenvalue weighted by Crippen LogP contribution is 2.25. The Morgan fingerprint density at radius 2 is 2.36 bits per heavy atom. The van der Waals surface area contributed by atoms with E-state index in [1.54, 1.807) is 0 Å². The van der Waals surface area contributed by atoms with E-state index >= 15 is 0 Å². The van der Waals surface area contributed by atoms with Crippen molar-refractivity contribution in [3.63, 3.8) is 0 Å². The molecule has 0 aliphatic carbocycles. The molecule has 76 valence electrons. The number of hydrogen-bond donors (Lipinski definition) is 1. The van der Waals surface area contributed by atoms with Crippen LogP contribution in [0.25, 0.3) is 0 Å². The highest BCUT2D eigenvalue weighted by molar-refractivity contribution is 9.10. The number of ether oxygens (including phenoxy) is 1. The van der Waals surface area contributed by atoms with Crippen molar-refractivity contribution in [2.45, 2.75) is 0 Å². The number of amides is 1. The summed E-state index contributed by atoms with van der Waals surface area (Å²) >= 11 is 3.18. The third kappa shape index (κ3) is 2.77. The topological polar surface area (TPSA) is 83.7 Å². The molecule has 0 unspecified atom stereocenters. The van der Waals surface area contributed by atoms with Crippen LogP contribution in [0.4, 0.5) is 4.79 Å². The molecule has 2 N–H and O–H groups in total. The van der Waals surface area contributed by atoms with Crippen LogP contribution in [0.5, 0.6) is 11.6 Å². The van der Waals surface area contributed by atoms with Crippen molar-refractivity contribution in [2.75, 3.05) is 7.11 Å². The highest BCUT2D eigenvalue weighted by Gasteiger charge is 2.05. The van der Waals surface area contributed by atoms with Crippen molar-refractivity contribution < 1.29 is 19.3 Å². The van der Waals surface area contributed by atoms with Crippen LogP contribution < -0.4 is 15.4 Å². The number of nitrogens with two attached hydrogens (primary N) is 1. The molecule has 1 aromatic rings. The van der Waals surface area contributed by atoms with Crippen LogP contribution in [0.1, 0.15) is 0 Å². The summed E-state index contributed by atoms with van der Waals surface area (Å²) in [5.74, 6) is 0.632. The first-order chi connectivity index (χ1) is 6.63. The molecule has 0 saturated carbocycles. The van der Waals surface area contributed by atoms with E-state index in [1.165, 1.54) is 19.4 Å². The van der Waals surface area contributed by atoms with Gasteiger partial charge in [0.15, 0.2) is 5.75 Å². The largest absolute Gasteiger partial charge is 0.480 e. The van der Waals surface area contributed by atoms with Crippen LogP contribution in [-0.2, 0) is 4.89 Å². The molecular formula is C7H7BrN2O4. The van der Waals surface area contributed by atoms with Gasteiger partial charge in [0.05, 0.1) is 17.8 Å². The fraction of sp³-hybridized carbons (Fsp3) is 0.143. The minimum atomic E-state index is -1.03. The Bertz CT molecular complexity index is 344. The lowest BCUT2D eigenvalue weighted by Gasteiger charge is -2.04. The number of carbonyl (C=O) groups excluding carboxylic acids is 1. The SMILES string of the molecule is COc1ncc(OOC(N)=O)cc1Br. The molecule has 0 aliphatic heterocycles. The Morgan fingerprint density at radius 1 is 1.64 bits per heavy atom. The molecule has 0 radical (unpaired) electrons. The van der Waals surface area contributed by atoms with E-state index in [-0.39, 0.29) is 5.75 Å². The molecule has 1 aromatic heterocycles. The second kappa shape index (κ2) is 4.66. The molecule has 0 spiro atoms. The molecule has 6 nitrogen and oxygen atoms in total. The van der Waals surface area contributed by atoms with Gasteiger partial charge in [-0.3, -0.25) is 4.89 Å². The molecule has 0 aliphatic rings. The minimum Gasteiger partial charge on any atom is -0.480 e. The molecule has 0 fully saturated rings. The van der Waals surface area contributed by atoms with Crippen LogP contribution in [0.2, 0.25) is 0 Å². The average Bonchev–Trinajstić information content (AvgIpc) is 2.15. The van der Waals surface area contributed by atoms with Gasteiger partial charge in [0.1, 0.15) is 0 Å². The molecule has 0 bridgehead atoms. The predicted molar refractivity (Wildman–Crippen MR) is 49.8 cm³/mol. The third-order valence-corrected chi connectivity index (χ3v) is 1.76. The molecule has 7 heteroatoms. The first-order valence-electron chi connectivity index (χ1n) is 3.47. The zero-order chi connectivity index (χ0) is 10.6. The standard InChI is InChI=1S/C7H7BrN2O4/c1-12-6-5(8)2-4(3-10-6)13-14-7(9)11/h2-3H,1H3,(H2,9,11). The van der Waals surface area contributed by atoms with E-state index in [4.69, 9.17) is 10.5 Å². The van der Waals surface area contributed by atoms with Gasteiger partial charge in [-0.1, -0.05) is 0 Å². The quantitative estimate of drug-likeness (QED) is 0.655. The predicted octanol–water partition coefficient (Wildman–Crippen LogP) is 1.24. The Labute approximate surface area is 88.0 Å². The Morgan fingerprint density at radius 3 is 2.86 bits per heavy atom. The molecule has 0 atom stereocenters. The minimum absolute atomic E-state index is 0.233. The van der Waals surface area contributed by atoms with Gasteiger partial charge in [0, 0.05) is 6.07 Å². The van der Waals surface area contributed by atoms with Crippen molar-refractivity contribution in [1.29, 1.82) is 0 Å². The van der Waals surface area contributed by atoms with E-state index < -0.39 is 6.09 Å². The summed E-state index contributed by atoms with van der Waals surface area (Å²) < 4.78 is 5.45. The monoisotopic (exact) mass is 262 g/mol. The summed E-state index contributed by atoms with van der Waals surface area (Å²) in [6.45, 7) is 0. The Kier molecular flexibility index (Phi) is 3.52. The molecule has 1 heterocycles. The Balaban J connectivity index is 2.71. The van der Waals surface area contributed by atoms with E-state index in [9.17, 15) is 4.79 Å². The molecule has 14 heavy (non-hydrogen) atoms. The van der Waals surface area contributed by atoms with Crippen LogP contribution in [0.15, 0.2) is 16.7 Å². The van der Waals surface area contributed by atoms with Crippen LogP contribution in [-0.4, -0.2) is 18.2 Å². The normalized spacial score (nSPS) is 9.29. The number of nitrogens with zero attached hydrogens (tertiary/aromatic N) is 1. The summed E-state index contributed by atoms with van der Waals surface area (Å²) in [5, 5.41) is 0. The van der Waals surface area contributed by atoms with Crippen molar-refractivity contribution in [1.82, 2.24) is 4.98 Å². The summed E-state index contributed by atoms with van der Waals surface area (Å²) in [6.07, 6.45) is 0.295. The zero-order valence-electron chi connectivity index (χ0n) is 7.19. The van der Waals surface area contributed by atoms with Crippen molar-refractivity contribution in [3.05, 3.63) is 16.7 Å². The molecular weight excluding hydrogens is 256 g/mol. The maximum atomic E-state index is 10.2. The Hall–Kier alpha value is -1.50. The summed E-state index contributed by atoms with van der Waals surface area (Å²) in [7, 11) is 1.48. The van der Waals surface area contributed by atoms with Gasteiger partial charge in [0.2, 0.25) is 5.88 Å². The summed E-state index contributed by atoms with van der Waals surface area (Å²) in [6, 6.07) is 1.52. The number of pyridine rings is 1. The van der Waals surface area contributed by atoms with Gasteiger partial charge in [-0.05, 0) is 15.9 Å². The maximum Gasteiger partial charge on any atom is 0.447 e. The maximum absolute atomic E-state index is 10.2. The van der Waals surface area contributed by atoms with E-state index in [2.05, 4.69) is 30.7 Å². The first kappa shape index (κ1) is 10.6. The molecule has 0 aromatic carbocycles. The number of methoxy groups -OCH3 is 1. The summed E-state index contributed by atoms with van der Waals surface area (Å²) in [5.41, 5.74) is 4.69. The van der Waals surface area contributed by atoms with Gasteiger partial charge in [0.25, 0.3) is 0 Å². The second-order valence-electron chi connectivity index (χ2n) is 2.15. The van der Waals surface area contributed by atoms with E-state index in [0.29, 0.717) is 10.4 Å². The van der Waals surface area contributed by atoms with Gasteiger partial charge >= 0.3 is 6.09 Å². The first-order valence-corrected chi connectivity index (χ1v) is 4.26. The van der Waals surface area contributed by atoms with Gasteiger partial charge in [-0.25, -0.2) is 14.7 Å². The second-order valence-corrected chi connectivity index (χ2v) is 3.00. The smallest absolute Gasteiger partial charge is 0.447 e. The van der Waals surface area contributed by atoms with Crippen molar-refractivity contribution in [3.8, 4) is 11.6 Å². The number of primary amides is 1. The fourth-order valence-electron chi connectivity index (χ4n) is 0.693. The van der Waals surface area contributed by atoms with Gasteiger partial charge in [-0.2, -0.15) is 0 Å². The van der Waals surface area contributed by atoms with E-state index in [0.717, 1.165) is 0 Å². The van der Waals surface area contributed by atoms with Crippen LogP contribution in [0.3, 0.4) is 0 Å². The number of rotatable bonds is 3. The average molecular weight is 263 g/mol. The van der Waals surface area contributed by atoms with Crippen molar-refractivity contribution in [2.24, 2.45) is 5.73 Å². The van der Waals surface area contributed by atoms with E-state index in [1.807, 2.05) is 0 Å². The zero-order valence-corrected chi connectivity index (χ0v) is 8.78.